The molecule has 3 saturated heterocycles. The predicted octanol–water partition coefficient (Wildman–Crippen LogP) is 3.12. The molecule has 44 heavy (non-hydrogen) atoms. The van der Waals surface area contributed by atoms with Gasteiger partial charge in [-0.1, -0.05) is 34.6 Å². The molecule has 8 rings (SSSR count). The van der Waals surface area contributed by atoms with E-state index in [1.54, 1.807) is 13.8 Å². The van der Waals surface area contributed by atoms with E-state index in [2.05, 4.69) is 34.6 Å². The largest absolute Gasteiger partial charge is 0.388 e. The molecular weight excluding hydrogens is 564 g/mol. The molecule has 17 atom stereocenters. The highest BCUT2D eigenvalue weighted by Gasteiger charge is 2.88. The number of ether oxygens (including phenoxy) is 4. The molecule has 0 aromatic rings. The van der Waals surface area contributed by atoms with E-state index in [-0.39, 0.29) is 51.8 Å². The first-order valence-corrected chi connectivity index (χ1v) is 17.5. The predicted molar refractivity (Wildman–Crippen MR) is 159 cm³/mol. The van der Waals surface area contributed by atoms with E-state index in [1.165, 1.54) is 6.42 Å². The van der Waals surface area contributed by atoms with Crippen LogP contribution in [-0.2, 0) is 18.9 Å². The third-order valence-corrected chi connectivity index (χ3v) is 15.9. The lowest BCUT2D eigenvalue weighted by atomic mass is 9.41. The van der Waals surface area contributed by atoms with Gasteiger partial charge in [0.15, 0.2) is 12.1 Å². The van der Waals surface area contributed by atoms with Crippen LogP contribution >= 0.6 is 0 Å². The Morgan fingerprint density at radius 2 is 1.52 bits per heavy atom. The van der Waals surface area contributed by atoms with Crippen molar-refractivity contribution in [1.29, 1.82) is 0 Å². The zero-order valence-corrected chi connectivity index (χ0v) is 27.7. The van der Waals surface area contributed by atoms with Gasteiger partial charge in [-0.15, -0.1) is 0 Å². The summed E-state index contributed by atoms with van der Waals surface area (Å²) in [5, 5.41) is 54.5. The van der Waals surface area contributed by atoms with E-state index in [9.17, 15) is 25.5 Å². The monoisotopic (exact) mass is 620 g/mol. The summed E-state index contributed by atoms with van der Waals surface area (Å²) < 4.78 is 25.8. The van der Waals surface area contributed by atoms with Crippen LogP contribution in [-0.4, -0.2) is 92.5 Å². The SMILES string of the molecule is C[C@@H]1CC2O[C@]3(O[C@@H]2C(C)(C)O)[C@H](O)[C@@]2(C)[C@@H]4CC[C@H]5C(C)(C)[C@@H](O[C@@H]6OC[C@@H](O)[C@H](O)[C@H]6O)CC[C@@]56C[C@@]46CC[C@]2(C)[C@@H]13. The van der Waals surface area contributed by atoms with Crippen LogP contribution in [0.1, 0.15) is 99.8 Å². The van der Waals surface area contributed by atoms with Gasteiger partial charge in [0.05, 0.1) is 24.4 Å². The zero-order valence-electron chi connectivity index (χ0n) is 27.7. The number of rotatable bonds is 3. The minimum atomic E-state index is -1.28. The fourth-order valence-electron chi connectivity index (χ4n) is 14.0. The van der Waals surface area contributed by atoms with E-state index in [4.69, 9.17) is 18.9 Å². The van der Waals surface area contributed by atoms with Gasteiger partial charge in [-0.2, -0.15) is 0 Å². The molecule has 0 aromatic carbocycles. The Kier molecular flexibility index (Phi) is 6.33. The molecule has 5 N–H and O–H groups in total. The molecule has 9 heteroatoms. The summed E-state index contributed by atoms with van der Waals surface area (Å²) in [6.07, 6.45) is 2.00. The summed E-state index contributed by atoms with van der Waals surface area (Å²) in [6.45, 7) is 15.2. The average molecular weight is 621 g/mol. The molecule has 5 saturated carbocycles. The Bertz CT molecular complexity index is 1200. The van der Waals surface area contributed by atoms with Crippen LogP contribution in [0.5, 0.6) is 0 Å². The second-order valence-corrected chi connectivity index (χ2v) is 18.3. The van der Waals surface area contributed by atoms with E-state index in [0.717, 1.165) is 44.9 Å². The summed E-state index contributed by atoms with van der Waals surface area (Å²) in [6, 6.07) is 0. The molecule has 8 fully saturated rings. The van der Waals surface area contributed by atoms with E-state index < -0.39 is 48.2 Å². The molecule has 5 aliphatic carbocycles. The van der Waals surface area contributed by atoms with Crippen LogP contribution in [0.2, 0.25) is 0 Å². The van der Waals surface area contributed by atoms with Crippen molar-refractivity contribution in [1.82, 2.24) is 0 Å². The van der Waals surface area contributed by atoms with Crippen molar-refractivity contribution < 1.29 is 44.5 Å². The molecule has 0 aromatic heterocycles. The normalized spacial score (nSPS) is 62.2. The summed E-state index contributed by atoms with van der Waals surface area (Å²) in [4.78, 5) is 0. The Labute approximate surface area is 262 Å². The smallest absolute Gasteiger partial charge is 0.199 e. The fourth-order valence-corrected chi connectivity index (χ4v) is 14.0. The van der Waals surface area contributed by atoms with Gasteiger partial charge in [-0.05, 0) is 105 Å². The minimum absolute atomic E-state index is 0.0559. The molecule has 3 heterocycles. The quantitative estimate of drug-likeness (QED) is 0.301. The van der Waals surface area contributed by atoms with Gasteiger partial charge in [-0.25, -0.2) is 0 Å². The molecule has 8 aliphatic rings. The standard InChI is InChI=1S/C35H56O9/c1-17-14-19-26(30(4,5)40)44-35(43-19)25(17)31(6)12-13-34-16-33(34)11-10-22(42-27-24(38)23(37)18(36)15-41-27)29(2,3)20(33)8-9-21(34)32(31,7)28(35)39/h17-28,36-40H,8-16H2,1-7H3/t17-,18-,19?,20+,21+,22+,23+,24-,25-,26+,27+,28-,31-,32-,33-,34+,35-/m1/s1. The summed E-state index contributed by atoms with van der Waals surface area (Å²) >= 11 is 0. The highest BCUT2D eigenvalue weighted by molar-refractivity contribution is 5.34. The molecule has 2 bridgehead atoms. The number of hydrogen-bond donors (Lipinski definition) is 5. The zero-order chi connectivity index (χ0) is 31.6. The van der Waals surface area contributed by atoms with Crippen LogP contribution in [0.4, 0.5) is 0 Å². The number of aliphatic hydroxyl groups excluding tert-OH is 4. The second-order valence-electron chi connectivity index (χ2n) is 18.3. The van der Waals surface area contributed by atoms with Gasteiger partial charge in [0, 0.05) is 11.3 Å². The lowest BCUT2D eigenvalue weighted by molar-refractivity contribution is -0.303. The molecule has 3 aliphatic heterocycles. The van der Waals surface area contributed by atoms with Crippen molar-refractivity contribution in [3.05, 3.63) is 0 Å². The Hall–Kier alpha value is -0.360. The second kappa shape index (κ2) is 9.00. The minimum Gasteiger partial charge on any atom is -0.388 e. The molecule has 250 valence electrons. The van der Waals surface area contributed by atoms with Crippen LogP contribution in [0.3, 0.4) is 0 Å². The van der Waals surface area contributed by atoms with E-state index >= 15 is 0 Å². The Morgan fingerprint density at radius 3 is 2.23 bits per heavy atom. The average Bonchev–Trinajstić information content (AvgIpc) is 3.45. The number of hydrogen-bond acceptors (Lipinski definition) is 9. The molecule has 0 radical (unpaired) electrons. The van der Waals surface area contributed by atoms with Crippen molar-refractivity contribution in [2.75, 3.05) is 6.61 Å². The van der Waals surface area contributed by atoms with Crippen LogP contribution < -0.4 is 0 Å². The fraction of sp³-hybridized carbons (Fsp3) is 1.00. The maximum Gasteiger partial charge on any atom is 0.199 e. The lowest BCUT2D eigenvalue weighted by Gasteiger charge is -2.63. The first-order valence-electron chi connectivity index (χ1n) is 17.5. The first-order chi connectivity index (χ1) is 20.4. The van der Waals surface area contributed by atoms with Gasteiger partial charge in [0.2, 0.25) is 0 Å². The molecule has 9 nitrogen and oxygen atoms in total. The molecular formula is C35H56O9. The van der Waals surface area contributed by atoms with Crippen molar-refractivity contribution in [2.24, 2.45) is 50.7 Å². The number of aliphatic hydroxyl groups is 5. The Morgan fingerprint density at radius 1 is 0.841 bits per heavy atom. The molecule has 1 unspecified atom stereocenters. The van der Waals surface area contributed by atoms with Gasteiger partial charge >= 0.3 is 0 Å². The highest BCUT2D eigenvalue weighted by Crippen LogP contribution is 2.90. The van der Waals surface area contributed by atoms with E-state index in [1.807, 2.05) is 0 Å². The Balaban J connectivity index is 1.10. The van der Waals surface area contributed by atoms with Crippen molar-refractivity contribution in [2.45, 2.75) is 160 Å². The summed E-state index contributed by atoms with van der Waals surface area (Å²) in [7, 11) is 0. The van der Waals surface area contributed by atoms with Crippen LogP contribution in [0, 0.1) is 50.7 Å². The lowest BCUT2D eigenvalue weighted by Crippen LogP contribution is -2.61. The van der Waals surface area contributed by atoms with Crippen molar-refractivity contribution in [3.8, 4) is 0 Å². The van der Waals surface area contributed by atoms with Crippen molar-refractivity contribution >= 4 is 0 Å². The van der Waals surface area contributed by atoms with Gasteiger partial charge in [0.1, 0.15) is 30.5 Å². The highest BCUT2D eigenvalue weighted by atomic mass is 16.8. The maximum atomic E-state index is 12.7. The number of fused-ring (bicyclic) bond motifs is 4. The maximum absolute atomic E-state index is 12.7. The first kappa shape index (κ1) is 30.9. The van der Waals surface area contributed by atoms with Crippen LogP contribution in [0.25, 0.3) is 0 Å². The third kappa shape index (κ3) is 3.38. The molecule has 3 spiro atoms. The van der Waals surface area contributed by atoms with Crippen LogP contribution in [0.15, 0.2) is 0 Å². The van der Waals surface area contributed by atoms with Gasteiger partial charge < -0.3 is 44.5 Å². The molecule has 0 amide bonds. The van der Waals surface area contributed by atoms with Crippen molar-refractivity contribution in [3.63, 3.8) is 0 Å². The summed E-state index contributed by atoms with van der Waals surface area (Å²) in [5.41, 5.74) is -1.39. The summed E-state index contributed by atoms with van der Waals surface area (Å²) in [5.74, 6) is 0.108. The van der Waals surface area contributed by atoms with Gasteiger partial charge in [-0.3, -0.25) is 0 Å². The topological polar surface area (TPSA) is 138 Å². The third-order valence-electron chi connectivity index (χ3n) is 15.9. The van der Waals surface area contributed by atoms with Gasteiger partial charge in [0.25, 0.3) is 0 Å². The van der Waals surface area contributed by atoms with E-state index in [0.29, 0.717) is 17.8 Å².